The van der Waals surface area contributed by atoms with Crippen molar-refractivity contribution in [2.75, 3.05) is 0 Å². The molecule has 1 rings (SSSR count). The maximum Gasteiger partial charge on any atom is 0.217 e. The van der Waals surface area contributed by atoms with E-state index in [1.807, 2.05) is 6.08 Å². The van der Waals surface area contributed by atoms with E-state index >= 15 is 0 Å². The first-order valence-electron chi connectivity index (χ1n) is 5.22. The van der Waals surface area contributed by atoms with E-state index in [9.17, 15) is 4.79 Å². The van der Waals surface area contributed by atoms with Gasteiger partial charge in [0.25, 0.3) is 0 Å². The van der Waals surface area contributed by atoms with Gasteiger partial charge in [-0.25, -0.2) is 5.26 Å². The standard InChI is InChI=1S/C11H17NO4/c1-3-4-9-7-10(15-16-14)5-6-11(9)12-8(2)13/h3,5,9,11,14H,1,4,6-7H2,2H3,(H,12,13)/t9-,11?/m0/s1. The van der Waals surface area contributed by atoms with Gasteiger partial charge in [0.1, 0.15) is 5.76 Å². The monoisotopic (exact) mass is 227 g/mol. The molecule has 0 aromatic carbocycles. The molecule has 1 amide bonds. The van der Waals surface area contributed by atoms with Crippen molar-refractivity contribution in [2.45, 2.75) is 32.2 Å². The van der Waals surface area contributed by atoms with Gasteiger partial charge in [-0.2, -0.15) is 0 Å². The Kier molecular flexibility index (Phi) is 5.01. The molecule has 1 aliphatic rings. The van der Waals surface area contributed by atoms with Crippen LogP contribution < -0.4 is 5.32 Å². The highest BCUT2D eigenvalue weighted by molar-refractivity contribution is 5.73. The Bertz CT molecular complexity index is 288. The quantitative estimate of drug-likeness (QED) is 0.427. The molecule has 90 valence electrons. The van der Waals surface area contributed by atoms with Gasteiger partial charge in [0, 0.05) is 19.4 Å². The molecule has 1 aliphatic carbocycles. The lowest BCUT2D eigenvalue weighted by molar-refractivity contribution is -0.473. The highest BCUT2D eigenvalue weighted by atomic mass is 17.5. The zero-order valence-electron chi connectivity index (χ0n) is 9.31. The van der Waals surface area contributed by atoms with Crippen molar-refractivity contribution in [3.63, 3.8) is 0 Å². The van der Waals surface area contributed by atoms with E-state index in [1.54, 1.807) is 6.08 Å². The van der Waals surface area contributed by atoms with Crippen LogP contribution in [0.3, 0.4) is 0 Å². The minimum Gasteiger partial charge on any atom is -0.353 e. The topological polar surface area (TPSA) is 67.8 Å². The van der Waals surface area contributed by atoms with E-state index in [1.165, 1.54) is 6.92 Å². The smallest absolute Gasteiger partial charge is 0.217 e. The van der Waals surface area contributed by atoms with Gasteiger partial charge in [0.2, 0.25) is 5.91 Å². The van der Waals surface area contributed by atoms with E-state index in [0.717, 1.165) is 6.42 Å². The summed E-state index contributed by atoms with van der Waals surface area (Å²) in [6.45, 7) is 5.18. The second-order valence-electron chi connectivity index (χ2n) is 3.86. The van der Waals surface area contributed by atoms with E-state index < -0.39 is 0 Å². The van der Waals surface area contributed by atoms with Crippen LogP contribution in [0.2, 0.25) is 0 Å². The summed E-state index contributed by atoms with van der Waals surface area (Å²) in [4.78, 5) is 15.6. The summed E-state index contributed by atoms with van der Waals surface area (Å²) in [6, 6.07) is 0.0848. The molecular weight excluding hydrogens is 210 g/mol. The van der Waals surface area contributed by atoms with Crippen molar-refractivity contribution < 1.29 is 20.0 Å². The maximum absolute atomic E-state index is 11.0. The summed E-state index contributed by atoms with van der Waals surface area (Å²) in [7, 11) is 0. The molecule has 0 aromatic heterocycles. The number of hydrogen-bond acceptors (Lipinski definition) is 4. The van der Waals surface area contributed by atoms with Crippen LogP contribution in [0.15, 0.2) is 24.5 Å². The summed E-state index contributed by atoms with van der Waals surface area (Å²) in [5, 5.41) is 14.7. The molecule has 0 heterocycles. The van der Waals surface area contributed by atoms with Gasteiger partial charge in [-0.15, -0.1) is 6.58 Å². The van der Waals surface area contributed by atoms with Crippen LogP contribution in [0.25, 0.3) is 0 Å². The van der Waals surface area contributed by atoms with Crippen LogP contribution in [0.4, 0.5) is 0 Å². The SMILES string of the molecule is C=CC[C@H]1CC(OOO)=CCC1NC(C)=O. The van der Waals surface area contributed by atoms with Gasteiger partial charge in [0.05, 0.1) is 0 Å². The molecule has 5 nitrogen and oxygen atoms in total. The Balaban J connectivity index is 2.62. The fraction of sp³-hybridized carbons (Fsp3) is 0.545. The molecule has 0 saturated carbocycles. The number of nitrogens with one attached hydrogen (secondary N) is 1. The zero-order valence-corrected chi connectivity index (χ0v) is 9.31. The molecule has 0 bridgehead atoms. The summed E-state index contributed by atoms with van der Waals surface area (Å²) in [6.07, 6.45) is 5.66. The minimum atomic E-state index is -0.0461. The Morgan fingerprint density at radius 2 is 2.56 bits per heavy atom. The first-order chi connectivity index (χ1) is 7.67. The lowest BCUT2D eigenvalue weighted by Gasteiger charge is -2.29. The van der Waals surface area contributed by atoms with Crippen molar-refractivity contribution in [3.05, 3.63) is 24.5 Å². The number of allylic oxidation sites excluding steroid dienone is 2. The Labute approximate surface area is 94.6 Å². The van der Waals surface area contributed by atoms with Crippen LogP contribution in [-0.4, -0.2) is 17.2 Å². The highest BCUT2D eigenvalue weighted by Gasteiger charge is 2.26. The third-order valence-electron chi connectivity index (χ3n) is 2.63. The average molecular weight is 227 g/mol. The lowest BCUT2D eigenvalue weighted by Crippen LogP contribution is -2.40. The molecule has 1 unspecified atom stereocenters. The lowest BCUT2D eigenvalue weighted by atomic mass is 9.85. The number of amides is 1. The predicted octanol–water partition coefficient (Wildman–Crippen LogP) is 1.78. The summed E-state index contributed by atoms with van der Waals surface area (Å²) >= 11 is 0. The number of carbonyl (C=O) groups is 1. The molecular formula is C11H17NO4. The van der Waals surface area contributed by atoms with Crippen LogP contribution >= 0.6 is 0 Å². The second-order valence-corrected chi connectivity index (χ2v) is 3.86. The first kappa shape index (κ1) is 12.7. The molecule has 0 aromatic rings. The summed E-state index contributed by atoms with van der Waals surface area (Å²) in [5.41, 5.74) is 0. The largest absolute Gasteiger partial charge is 0.353 e. The van der Waals surface area contributed by atoms with Crippen molar-refractivity contribution in [1.29, 1.82) is 0 Å². The van der Waals surface area contributed by atoms with Crippen molar-refractivity contribution in [2.24, 2.45) is 5.92 Å². The second kappa shape index (κ2) is 6.30. The molecule has 2 atom stereocenters. The van der Waals surface area contributed by atoms with Crippen molar-refractivity contribution >= 4 is 5.91 Å². The fourth-order valence-corrected chi connectivity index (χ4v) is 1.95. The number of rotatable bonds is 5. The van der Waals surface area contributed by atoms with E-state index in [0.29, 0.717) is 18.6 Å². The van der Waals surface area contributed by atoms with Gasteiger partial charge in [0.15, 0.2) is 0 Å². The molecule has 0 fully saturated rings. The average Bonchev–Trinajstić information content (AvgIpc) is 2.22. The summed E-state index contributed by atoms with van der Waals surface area (Å²) in [5.74, 6) is 0.753. The molecule has 2 N–H and O–H groups in total. The van der Waals surface area contributed by atoms with Gasteiger partial charge in [-0.1, -0.05) is 6.08 Å². The van der Waals surface area contributed by atoms with Crippen molar-refractivity contribution in [3.8, 4) is 0 Å². The molecule has 0 spiro atoms. The molecule has 0 radical (unpaired) electrons. The van der Waals surface area contributed by atoms with Crippen molar-refractivity contribution in [1.82, 2.24) is 5.32 Å². The molecule has 0 aliphatic heterocycles. The van der Waals surface area contributed by atoms with Gasteiger partial charge in [-0.3, -0.25) is 4.79 Å². The third-order valence-corrected chi connectivity index (χ3v) is 2.63. The van der Waals surface area contributed by atoms with Gasteiger partial charge >= 0.3 is 0 Å². The van der Waals surface area contributed by atoms with Gasteiger partial charge < -0.3 is 10.2 Å². The van der Waals surface area contributed by atoms with Crippen LogP contribution in [0.1, 0.15) is 26.2 Å². The maximum atomic E-state index is 11.0. The minimum absolute atomic E-state index is 0.0461. The van der Waals surface area contributed by atoms with E-state index in [-0.39, 0.29) is 17.9 Å². The van der Waals surface area contributed by atoms with Crippen LogP contribution in [0.5, 0.6) is 0 Å². The van der Waals surface area contributed by atoms with E-state index in [4.69, 9.17) is 5.26 Å². The highest BCUT2D eigenvalue weighted by Crippen LogP contribution is 2.28. The Morgan fingerprint density at radius 1 is 1.81 bits per heavy atom. The predicted molar refractivity (Wildman–Crippen MR) is 58.0 cm³/mol. The first-order valence-corrected chi connectivity index (χ1v) is 5.22. The van der Waals surface area contributed by atoms with Gasteiger partial charge in [-0.05, 0) is 29.9 Å². The Hall–Kier alpha value is -1.33. The molecule has 16 heavy (non-hydrogen) atoms. The fourth-order valence-electron chi connectivity index (χ4n) is 1.95. The summed E-state index contributed by atoms with van der Waals surface area (Å²) < 4.78 is 0. The number of carbonyl (C=O) groups excluding carboxylic acids is 1. The molecule has 0 saturated heterocycles. The normalized spacial score (nSPS) is 24.5. The van der Waals surface area contributed by atoms with Crippen LogP contribution in [0, 0.1) is 5.92 Å². The van der Waals surface area contributed by atoms with E-state index in [2.05, 4.69) is 21.8 Å². The molecule has 5 heteroatoms. The Morgan fingerprint density at radius 3 is 3.12 bits per heavy atom. The van der Waals surface area contributed by atoms with Crippen LogP contribution in [-0.2, 0) is 14.7 Å². The number of hydrogen-bond donors (Lipinski definition) is 2. The third kappa shape index (κ3) is 3.67. The zero-order chi connectivity index (χ0) is 12.0.